The third-order valence-electron chi connectivity index (χ3n) is 2.67. The molecular formula is C13H8BrClFN3S. The molecule has 2 aromatic heterocycles. The van der Waals surface area contributed by atoms with Crippen molar-refractivity contribution in [1.29, 1.82) is 0 Å². The Kier molecular flexibility index (Phi) is 3.62. The number of fused-ring (bicyclic) bond motifs is 1. The minimum atomic E-state index is -0.340. The molecule has 3 rings (SSSR count). The maximum absolute atomic E-state index is 13.5. The Bertz CT molecular complexity index is 806. The molecule has 3 aromatic rings. The molecule has 0 aliphatic carbocycles. The van der Waals surface area contributed by atoms with Crippen LogP contribution >= 0.6 is 38.9 Å². The first kappa shape index (κ1) is 13.7. The van der Waals surface area contributed by atoms with Crippen LogP contribution in [0.1, 0.15) is 4.88 Å². The molecule has 0 saturated heterocycles. The highest BCUT2D eigenvalue weighted by Gasteiger charge is 2.10. The molecule has 0 atom stereocenters. The molecule has 102 valence electrons. The zero-order valence-electron chi connectivity index (χ0n) is 10.2. The van der Waals surface area contributed by atoms with Crippen LogP contribution in [0.3, 0.4) is 0 Å². The molecule has 1 N–H and O–H groups in total. The number of thiophene rings is 1. The number of benzene rings is 1. The number of anilines is 2. The Labute approximate surface area is 132 Å². The number of hydrogen-bond donors (Lipinski definition) is 1. The van der Waals surface area contributed by atoms with Crippen LogP contribution in [0.4, 0.5) is 15.9 Å². The summed E-state index contributed by atoms with van der Waals surface area (Å²) in [6.45, 7) is 1.99. The molecule has 0 spiro atoms. The van der Waals surface area contributed by atoms with Crippen LogP contribution in [-0.4, -0.2) is 9.97 Å². The van der Waals surface area contributed by atoms with Crippen molar-refractivity contribution in [1.82, 2.24) is 9.97 Å². The van der Waals surface area contributed by atoms with E-state index in [0.29, 0.717) is 16.0 Å². The molecule has 0 amide bonds. The lowest BCUT2D eigenvalue weighted by molar-refractivity contribution is 0.622. The van der Waals surface area contributed by atoms with Gasteiger partial charge in [-0.2, -0.15) is 4.98 Å². The number of nitrogens with one attached hydrogen (secondary N) is 1. The van der Waals surface area contributed by atoms with E-state index in [1.807, 2.05) is 13.0 Å². The molecular weight excluding hydrogens is 365 g/mol. The molecule has 0 radical (unpaired) electrons. The van der Waals surface area contributed by atoms with Gasteiger partial charge in [0.05, 0.1) is 9.86 Å². The van der Waals surface area contributed by atoms with Crippen LogP contribution in [0.2, 0.25) is 5.28 Å². The van der Waals surface area contributed by atoms with E-state index in [1.165, 1.54) is 17.4 Å². The molecule has 0 unspecified atom stereocenters. The molecule has 0 fully saturated rings. The average Bonchev–Trinajstić information content (AvgIpc) is 2.74. The molecule has 0 saturated carbocycles. The maximum atomic E-state index is 13.5. The average molecular weight is 373 g/mol. The minimum absolute atomic E-state index is 0.166. The van der Waals surface area contributed by atoms with Gasteiger partial charge in [-0.1, -0.05) is 0 Å². The lowest BCUT2D eigenvalue weighted by atomic mass is 10.3. The topological polar surface area (TPSA) is 37.8 Å². The molecule has 0 aliphatic heterocycles. The summed E-state index contributed by atoms with van der Waals surface area (Å²) in [5.74, 6) is 0.235. The van der Waals surface area contributed by atoms with Crippen molar-refractivity contribution in [2.24, 2.45) is 0 Å². The second-order valence-electron chi connectivity index (χ2n) is 4.17. The summed E-state index contributed by atoms with van der Waals surface area (Å²) in [6, 6.07) is 6.77. The first-order valence-corrected chi connectivity index (χ1v) is 7.67. The van der Waals surface area contributed by atoms with Gasteiger partial charge < -0.3 is 5.32 Å². The van der Waals surface area contributed by atoms with Gasteiger partial charge in [-0.05, 0) is 58.7 Å². The van der Waals surface area contributed by atoms with Crippen LogP contribution in [0.15, 0.2) is 28.7 Å². The van der Waals surface area contributed by atoms with Gasteiger partial charge in [0.1, 0.15) is 16.5 Å². The highest BCUT2D eigenvalue weighted by molar-refractivity contribution is 9.10. The van der Waals surface area contributed by atoms with Crippen LogP contribution in [0.25, 0.3) is 10.2 Å². The number of hydrogen-bond acceptors (Lipinski definition) is 4. The van der Waals surface area contributed by atoms with Crippen LogP contribution in [-0.2, 0) is 0 Å². The van der Waals surface area contributed by atoms with Crippen LogP contribution < -0.4 is 5.32 Å². The molecule has 7 heteroatoms. The Morgan fingerprint density at radius 3 is 2.85 bits per heavy atom. The molecule has 1 aromatic carbocycles. The van der Waals surface area contributed by atoms with Crippen molar-refractivity contribution in [3.8, 4) is 0 Å². The fraction of sp³-hybridized carbons (Fsp3) is 0.0769. The van der Waals surface area contributed by atoms with E-state index in [2.05, 4.69) is 31.2 Å². The van der Waals surface area contributed by atoms with E-state index in [4.69, 9.17) is 11.6 Å². The van der Waals surface area contributed by atoms with Crippen molar-refractivity contribution >= 4 is 60.6 Å². The van der Waals surface area contributed by atoms with Crippen LogP contribution in [0.5, 0.6) is 0 Å². The van der Waals surface area contributed by atoms with E-state index in [1.54, 1.807) is 12.1 Å². The largest absolute Gasteiger partial charge is 0.339 e. The predicted molar refractivity (Wildman–Crippen MR) is 84.5 cm³/mol. The number of aromatic nitrogens is 2. The number of rotatable bonds is 2. The number of aryl methyl sites for hydroxylation is 1. The highest BCUT2D eigenvalue weighted by atomic mass is 79.9. The minimum Gasteiger partial charge on any atom is -0.339 e. The van der Waals surface area contributed by atoms with Gasteiger partial charge in [-0.3, -0.25) is 0 Å². The van der Waals surface area contributed by atoms with E-state index >= 15 is 0 Å². The second-order valence-corrected chi connectivity index (χ2v) is 6.60. The van der Waals surface area contributed by atoms with Crippen molar-refractivity contribution in [3.63, 3.8) is 0 Å². The SMILES string of the molecule is Cc1cc2c(Nc3ccc(Br)c(F)c3)nc(Cl)nc2s1. The summed E-state index contributed by atoms with van der Waals surface area (Å²) in [5, 5.41) is 4.12. The standard InChI is InChI=1S/C13H8BrClFN3S/c1-6-4-8-11(18-13(15)19-12(8)20-6)17-7-2-3-9(14)10(16)5-7/h2-5H,1H3,(H,17,18,19). The van der Waals surface area contributed by atoms with Crippen molar-refractivity contribution in [2.45, 2.75) is 6.92 Å². The van der Waals surface area contributed by atoms with Gasteiger partial charge in [0.15, 0.2) is 0 Å². The number of halogens is 3. The van der Waals surface area contributed by atoms with Crippen molar-refractivity contribution in [2.75, 3.05) is 5.32 Å². The van der Waals surface area contributed by atoms with Gasteiger partial charge in [0.25, 0.3) is 0 Å². The van der Waals surface area contributed by atoms with E-state index < -0.39 is 0 Å². The summed E-state index contributed by atoms with van der Waals surface area (Å²) in [5.41, 5.74) is 0.602. The van der Waals surface area contributed by atoms with Gasteiger partial charge in [0.2, 0.25) is 5.28 Å². The zero-order valence-corrected chi connectivity index (χ0v) is 13.4. The van der Waals surface area contributed by atoms with Crippen molar-refractivity contribution < 1.29 is 4.39 Å². The number of nitrogens with zero attached hydrogens (tertiary/aromatic N) is 2. The third-order valence-corrected chi connectivity index (χ3v) is 4.43. The van der Waals surface area contributed by atoms with Crippen LogP contribution in [0, 0.1) is 12.7 Å². The van der Waals surface area contributed by atoms with Gasteiger partial charge in [-0.15, -0.1) is 11.3 Å². The lowest BCUT2D eigenvalue weighted by Crippen LogP contribution is -1.96. The molecule has 0 aliphatic rings. The molecule has 3 nitrogen and oxygen atoms in total. The normalized spacial score (nSPS) is 11.0. The quantitative estimate of drug-likeness (QED) is 0.620. The van der Waals surface area contributed by atoms with E-state index in [-0.39, 0.29) is 11.1 Å². The summed E-state index contributed by atoms with van der Waals surface area (Å²) in [6.07, 6.45) is 0. The lowest BCUT2D eigenvalue weighted by Gasteiger charge is -2.07. The molecule has 2 heterocycles. The smallest absolute Gasteiger partial charge is 0.225 e. The summed E-state index contributed by atoms with van der Waals surface area (Å²) in [7, 11) is 0. The monoisotopic (exact) mass is 371 g/mol. The van der Waals surface area contributed by atoms with Crippen molar-refractivity contribution in [3.05, 3.63) is 44.7 Å². The first-order valence-electron chi connectivity index (χ1n) is 5.69. The Morgan fingerprint density at radius 2 is 2.10 bits per heavy atom. The molecule has 0 bridgehead atoms. The molecule has 20 heavy (non-hydrogen) atoms. The Morgan fingerprint density at radius 1 is 1.30 bits per heavy atom. The fourth-order valence-corrected chi connectivity index (χ4v) is 3.17. The van der Waals surface area contributed by atoms with E-state index in [9.17, 15) is 4.39 Å². The van der Waals surface area contributed by atoms with E-state index in [0.717, 1.165) is 15.1 Å². The first-order chi connectivity index (χ1) is 9.52. The Balaban J connectivity index is 2.07. The predicted octanol–water partition coefficient (Wildman–Crippen LogP) is 5.30. The van der Waals surface area contributed by atoms with Gasteiger partial charge in [-0.25, -0.2) is 9.37 Å². The zero-order chi connectivity index (χ0) is 14.3. The fourth-order valence-electron chi connectivity index (χ4n) is 1.82. The second kappa shape index (κ2) is 5.27. The third kappa shape index (κ3) is 2.63. The summed E-state index contributed by atoms with van der Waals surface area (Å²) in [4.78, 5) is 10.3. The highest BCUT2D eigenvalue weighted by Crippen LogP contribution is 2.31. The van der Waals surface area contributed by atoms with Gasteiger partial charge in [0, 0.05) is 10.6 Å². The Hall–Kier alpha value is -1.24. The summed E-state index contributed by atoms with van der Waals surface area (Å²) < 4.78 is 14.0. The van der Waals surface area contributed by atoms with Gasteiger partial charge >= 0.3 is 0 Å². The maximum Gasteiger partial charge on any atom is 0.225 e. The summed E-state index contributed by atoms with van der Waals surface area (Å²) >= 11 is 10.6.